The zero-order chi connectivity index (χ0) is 99.3. The number of alkyl halides is 2. The Hall–Kier alpha value is -16.1. The van der Waals surface area contributed by atoms with E-state index in [1.54, 1.807) is 155 Å². The molecular weight excluding hydrogens is 1880 g/mol. The molecule has 0 atom stereocenters. The molecule has 9 aromatic heterocycles. The fourth-order valence-electron chi connectivity index (χ4n) is 14.7. The summed E-state index contributed by atoms with van der Waals surface area (Å²) in [5.41, 5.74) is 18.0. The highest BCUT2D eigenvalue weighted by Gasteiger charge is 2.29. The van der Waals surface area contributed by atoms with Crippen LogP contribution in [0, 0.1) is 35.3 Å². The monoisotopic (exact) mass is 1980 g/mol. The summed E-state index contributed by atoms with van der Waals surface area (Å²) in [6, 6.07) is 44.6. The first-order chi connectivity index (χ1) is 67.5. The molecule has 9 heterocycles. The van der Waals surface area contributed by atoms with Crippen LogP contribution in [-0.2, 0) is 38.0 Å². The minimum absolute atomic E-state index is 0.0219. The predicted octanol–water partition coefficient (Wildman–Crippen LogP) is 18.3. The summed E-state index contributed by atoms with van der Waals surface area (Å²) in [7, 11) is 16.4. The number of methoxy groups -OCH3 is 8. The fourth-order valence-corrected chi connectivity index (χ4v) is 15.6. The maximum atomic E-state index is 15.5. The largest absolute Gasteiger partial charge is 0.497 e. The third kappa shape index (κ3) is 25.4. The van der Waals surface area contributed by atoms with Gasteiger partial charge in [-0.25, -0.2) is 50.9 Å². The van der Waals surface area contributed by atoms with Crippen LogP contribution in [0.3, 0.4) is 0 Å². The van der Waals surface area contributed by atoms with Gasteiger partial charge in [-0.15, -0.1) is 5.92 Å². The van der Waals surface area contributed by atoms with Crippen LogP contribution in [-0.4, -0.2) is 206 Å². The van der Waals surface area contributed by atoms with Gasteiger partial charge in [0, 0.05) is 215 Å². The van der Waals surface area contributed by atoms with Crippen LogP contribution in [0.1, 0.15) is 32.3 Å². The minimum atomic E-state index is -3.19. The maximum absolute atomic E-state index is 15.5. The number of ether oxygens (including phenoxy) is 8. The van der Waals surface area contributed by atoms with E-state index >= 15 is 8.78 Å². The Bertz CT molecular complexity index is 7440. The van der Waals surface area contributed by atoms with Crippen molar-refractivity contribution >= 4 is 115 Å². The summed E-state index contributed by atoms with van der Waals surface area (Å²) >= 11 is 3.46. The van der Waals surface area contributed by atoms with Crippen molar-refractivity contribution < 1.29 is 63.9 Å². The molecule has 38 heteroatoms. The van der Waals surface area contributed by atoms with Gasteiger partial charge in [0.1, 0.15) is 54.6 Å². The lowest BCUT2D eigenvalue weighted by Crippen LogP contribution is -2.32. The van der Waals surface area contributed by atoms with Gasteiger partial charge in [-0.05, 0) is 114 Å². The Balaban J connectivity index is 0.000000149. The van der Waals surface area contributed by atoms with Gasteiger partial charge in [-0.1, -0.05) is 24.7 Å². The third-order valence-electron chi connectivity index (χ3n) is 21.7. The number of nitrogens with zero attached hydrogens (tertiary/aromatic N) is 21. The van der Waals surface area contributed by atoms with Gasteiger partial charge < -0.3 is 62.8 Å². The molecule has 17 aromatic rings. The number of hydrogen-bond donors (Lipinski definition) is 1. The van der Waals surface area contributed by atoms with E-state index in [1.807, 2.05) is 167 Å². The third-order valence-corrected chi connectivity index (χ3v) is 23.3. The van der Waals surface area contributed by atoms with Crippen molar-refractivity contribution in [3.05, 3.63) is 248 Å². The number of aryl methyl sites for hydroxylation is 4. The fraction of sp³-hybridized carbons (Fsp3) is 0.245. The molecule has 0 bridgehead atoms. The van der Waals surface area contributed by atoms with E-state index < -0.39 is 39.6 Å². The predicted molar refractivity (Wildman–Crippen MR) is 538 cm³/mol. The van der Waals surface area contributed by atoms with Crippen molar-refractivity contribution in [1.29, 1.82) is 0 Å². The van der Waals surface area contributed by atoms with E-state index in [1.165, 1.54) is 25.4 Å². The molecule has 0 aliphatic rings. The van der Waals surface area contributed by atoms with Crippen molar-refractivity contribution in [2.45, 2.75) is 32.6 Å². The van der Waals surface area contributed by atoms with E-state index in [2.05, 4.69) is 105 Å². The molecule has 32 nitrogen and oxygen atoms in total. The lowest BCUT2D eigenvalue weighted by atomic mass is 10.1. The van der Waals surface area contributed by atoms with Crippen molar-refractivity contribution in [3.63, 3.8) is 0 Å². The van der Waals surface area contributed by atoms with E-state index in [4.69, 9.17) is 52.8 Å². The van der Waals surface area contributed by atoms with Crippen LogP contribution in [0.4, 0.5) is 63.1 Å². The molecule has 0 fully saturated rings. The molecule has 0 amide bonds. The molecule has 0 radical (unpaired) electrons. The zero-order valence-corrected chi connectivity index (χ0v) is 81.9. The number of aromatic nitrogens is 17. The van der Waals surface area contributed by atoms with Crippen molar-refractivity contribution in [2.75, 3.05) is 128 Å². The molecular formula is C102H101BrF4N22O10S. The van der Waals surface area contributed by atoms with Crippen LogP contribution in [0.25, 0.3) is 89.2 Å². The minimum Gasteiger partial charge on any atom is -0.497 e. The smallest absolute Gasteiger partial charge is 0.257 e. The normalized spacial score (nSPS) is 11.1. The topological polar surface area (TPSA) is 320 Å². The summed E-state index contributed by atoms with van der Waals surface area (Å²) in [4.78, 5) is 49.1. The van der Waals surface area contributed by atoms with E-state index in [0.29, 0.717) is 92.2 Å². The van der Waals surface area contributed by atoms with E-state index in [0.717, 1.165) is 120 Å². The Labute approximate surface area is 815 Å². The molecule has 140 heavy (non-hydrogen) atoms. The first-order valence-corrected chi connectivity index (χ1v) is 46.6. The summed E-state index contributed by atoms with van der Waals surface area (Å²) in [5.74, 6) is 11.7. The molecule has 0 aliphatic heterocycles. The molecule has 8 aromatic carbocycles. The van der Waals surface area contributed by atoms with Gasteiger partial charge >= 0.3 is 0 Å². The van der Waals surface area contributed by atoms with Crippen LogP contribution in [0.5, 0.6) is 46.0 Å². The van der Waals surface area contributed by atoms with E-state index in [-0.39, 0.29) is 36.9 Å². The van der Waals surface area contributed by atoms with Crippen molar-refractivity contribution in [3.8, 4) is 115 Å². The number of hydrogen-bond acceptors (Lipinski definition) is 28. The summed E-state index contributed by atoms with van der Waals surface area (Å²) in [6.07, 6.45) is 25.4. The van der Waals surface area contributed by atoms with Crippen molar-refractivity contribution in [2.24, 2.45) is 28.2 Å². The summed E-state index contributed by atoms with van der Waals surface area (Å²) < 4.78 is 132. The number of sulfone groups is 1. The SMILES string of the molecule is CCC#CCN(c1cc(OC)cc(OC)c1)c1ccc2ncc(-c3cnn(C)c3)nc2c1.COc1cc(OC)c(F)c(N(CCCNCC(C)(F)F)c2ccc3ncc(-c4cnn(C)c4)nc3c2)c1F.COc1cc(OC)cc(N(CC#Cc2cccnc2Br)c2ccc3ncc(-c4cnn(C)c4)nc3c2)c1.COc1cc(OC)cc(N(CCS(C)(=O)=O)c2ccc3ncc(-c4cnn(C)c4)nc3c2)c1. The number of halogens is 5. The number of rotatable bonds is 31. The average molecular weight is 1980 g/mol. The van der Waals surface area contributed by atoms with Crippen LogP contribution in [0.2, 0.25) is 0 Å². The Morgan fingerprint density at radius 1 is 0.414 bits per heavy atom. The first-order valence-electron chi connectivity index (χ1n) is 43.8. The Morgan fingerprint density at radius 2 is 0.764 bits per heavy atom. The number of pyridine rings is 1. The number of fused-ring (bicyclic) bond motifs is 4. The van der Waals surface area contributed by atoms with Gasteiger partial charge in [0.15, 0.2) is 23.1 Å². The molecule has 0 unspecified atom stereocenters. The molecule has 0 aliphatic carbocycles. The molecule has 720 valence electrons. The summed E-state index contributed by atoms with van der Waals surface area (Å²) in [6.45, 7) is 3.80. The second-order valence-corrected chi connectivity index (χ2v) is 34.9. The molecule has 1 N–H and O–H groups in total. The Kier molecular flexibility index (Phi) is 32.6. The van der Waals surface area contributed by atoms with Gasteiger partial charge in [-0.3, -0.25) is 38.7 Å². The summed E-state index contributed by atoms with van der Waals surface area (Å²) in [5, 5.41) is 19.5. The highest BCUT2D eigenvalue weighted by atomic mass is 79.9. The highest BCUT2D eigenvalue weighted by Crippen LogP contribution is 2.43. The van der Waals surface area contributed by atoms with Crippen molar-refractivity contribution in [1.82, 2.24) is 89.3 Å². The quantitative estimate of drug-likeness (QED) is 0.0183. The van der Waals surface area contributed by atoms with Gasteiger partial charge in [-0.2, -0.15) is 20.4 Å². The molecule has 17 rings (SSSR count). The van der Waals surface area contributed by atoms with Gasteiger partial charge in [0.2, 0.25) is 0 Å². The first kappa shape index (κ1) is 99.9. The molecule has 0 saturated heterocycles. The zero-order valence-electron chi connectivity index (χ0n) is 79.5. The highest BCUT2D eigenvalue weighted by molar-refractivity contribution is 9.10. The number of benzene rings is 8. The van der Waals surface area contributed by atoms with Crippen LogP contribution < -0.4 is 62.8 Å². The lowest BCUT2D eigenvalue weighted by molar-refractivity contribution is 0.0229. The van der Waals surface area contributed by atoms with Gasteiger partial charge in [0.25, 0.3) is 5.92 Å². The van der Waals surface area contributed by atoms with E-state index in [9.17, 15) is 17.2 Å². The maximum Gasteiger partial charge on any atom is 0.257 e. The molecule has 0 spiro atoms. The number of anilines is 8. The second-order valence-electron chi connectivity index (χ2n) is 31.9. The standard InChI is InChI=1S/C28H23BrN6O2.C26H28F4N6O2.C25H25N5O2.C23H25N5O4S/c1-34-18-20(16-32-34)27-17-31-25-9-8-21(14-26(25)33-27)35(11-5-7-19-6-4-10-30-28(19)29)22-12-23(36-2)15-24(13-22)37-3;1-26(29,30)15-31-8-5-9-36(25-23(27)21(37-3)11-22(38-4)24(25)28)17-6-7-18-19(10-17)34-20(13-32-18)16-12-33-35(2)14-16;1-5-6-7-10-30(20-11-21(31-3)14-22(12-20)32-4)19-8-9-23-24(13-19)28-25(16-26-23)18-15-27-29(2)17-18;1-27-15-16(13-25-27)23-14-24-21-6-5-17(11-22(21)26-23)28(7-8-33(4,29)30)18-9-19(31-2)12-20(10-18)32-3/h4,6,8-10,12-18H,11H2,1-3H3;6-7,10-14,31H,5,8-9,15H2,1-4H3;8-9,11-17H,5,10H2,1-4H3;5-6,9-15H,7-8H2,1-4H3. The Morgan fingerprint density at radius 3 is 1.09 bits per heavy atom. The lowest BCUT2D eigenvalue weighted by Gasteiger charge is -2.27. The van der Waals surface area contributed by atoms with Crippen LogP contribution >= 0.6 is 15.9 Å². The second kappa shape index (κ2) is 45.7. The molecule has 0 saturated carbocycles. The average Bonchev–Trinajstić information content (AvgIpc) is 0.825. The van der Waals surface area contributed by atoms with Crippen LogP contribution in [0.15, 0.2) is 231 Å². The number of nitrogens with one attached hydrogen (secondary N) is 1. The van der Waals surface area contributed by atoms with Gasteiger partial charge in [0.05, 0.1) is 204 Å².